The van der Waals surface area contributed by atoms with E-state index in [-0.39, 0.29) is 0 Å². The van der Waals surface area contributed by atoms with Crippen LogP contribution in [0.2, 0.25) is 0 Å². The molecule has 0 aliphatic carbocycles. The highest BCUT2D eigenvalue weighted by Crippen LogP contribution is 1.69. The van der Waals surface area contributed by atoms with Crippen molar-refractivity contribution in [3.8, 4) is 17.9 Å². The quantitative estimate of drug-likeness (QED) is 0.336. The first kappa shape index (κ1) is 8.01. The molecule has 0 aromatic heterocycles. The molecule has 0 amide bonds. The van der Waals surface area contributed by atoms with E-state index in [1.165, 1.54) is 0 Å². The molecule has 0 fully saturated rings. The number of rotatable bonds is 3. The standard InChI is InChI=1S/C7H10N2/c1-2-3-4-6-9-7-5-8/h9H,4,6-7H2,1H3. The summed E-state index contributed by atoms with van der Waals surface area (Å²) in [6.45, 7) is 3.05. The fourth-order valence-electron chi connectivity index (χ4n) is 0.420. The maximum Gasteiger partial charge on any atom is 0.0841 e. The molecule has 0 saturated heterocycles. The third kappa shape index (κ3) is 7.01. The highest BCUT2D eigenvalue weighted by atomic mass is 14.8. The molecule has 1 N–H and O–H groups in total. The minimum absolute atomic E-state index is 0.422. The molecule has 2 nitrogen and oxygen atoms in total. The van der Waals surface area contributed by atoms with Crippen LogP contribution in [-0.2, 0) is 0 Å². The van der Waals surface area contributed by atoms with E-state index >= 15 is 0 Å². The molecular weight excluding hydrogens is 112 g/mol. The molecule has 0 rings (SSSR count). The van der Waals surface area contributed by atoms with Gasteiger partial charge in [-0.1, -0.05) is 0 Å². The first-order valence-electron chi connectivity index (χ1n) is 2.89. The lowest BCUT2D eigenvalue weighted by Crippen LogP contribution is -2.14. The highest BCUT2D eigenvalue weighted by molar-refractivity contribution is 4.95. The smallest absolute Gasteiger partial charge is 0.0841 e. The molecule has 9 heavy (non-hydrogen) atoms. The van der Waals surface area contributed by atoms with Gasteiger partial charge >= 0.3 is 0 Å². The van der Waals surface area contributed by atoms with E-state index in [2.05, 4.69) is 17.2 Å². The predicted molar refractivity (Wildman–Crippen MR) is 36.5 cm³/mol. The summed E-state index contributed by atoms with van der Waals surface area (Å²) in [4.78, 5) is 0. The van der Waals surface area contributed by atoms with Gasteiger partial charge in [-0.25, -0.2) is 0 Å². The number of hydrogen-bond acceptors (Lipinski definition) is 2. The second kappa shape index (κ2) is 7.01. The summed E-state index contributed by atoms with van der Waals surface area (Å²) in [7, 11) is 0. The van der Waals surface area contributed by atoms with Gasteiger partial charge in [-0.05, 0) is 6.92 Å². The van der Waals surface area contributed by atoms with E-state index in [1.54, 1.807) is 0 Å². The Morgan fingerprint density at radius 1 is 1.56 bits per heavy atom. The highest BCUT2D eigenvalue weighted by Gasteiger charge is 1.78. The predicted octanol–water partition coefficient (Wildman–Crippen LogP) is 0.513. The van der Waals surface area contributed by atoms with E-state index in [9.17, 15) is 0 Å². The second-order valence-electron chi connectivity index (χ2n) is 1.51. The fraction of sp³-hybridized carbons (Fsp3) is 0.571. The maximum atomic E-state index is 8.07. The van der Waals surface area contributed by atoms with Crippen molar-refractivity contribution in [1.82, 2.24) is 5.32 Å². The zero-order chi connectivity index (χ0) is 6.95. The molecule has 0 aliphatic heterocycles. The number of hydrogen-bond donors (Lipinski definition) is 1. The Hall–Kier alpha value is -0.990. The molecule has 0 aromatic carbocycles. The monoisotopic (exact) mass is 122 g/mol. The Kier molecular flexibility index (Phi) is 6.24. The third-order valence-electron chi connectivity index (χ3n) is 0.808. The van der Waals surface area contributed by atoms with Crippen LogP contribution in [0.15, 0.2) is 0 Å². The molecule has 0 aliphatic rings. The summed E-state index contributed by atoms with van der Waals surface area (Å²) in [6, 6.07) is 1.99. The Morgan fingerprint density at radius 3 is 2.89 bits per heavy atom. The minimum Gasteiger partial charge on any atom is -0.304 e. The van der Waals surface area contributed by atoms with Crippen molar-refractivity contribution in [1.29, 1.82) is 5.26 Å². The van der Waals surface area contributed by atoms with Crippen molar-refractivity contribution in [3.05, 3.63) is 0 Å². The van der Waals surface area contributed by atoms with Crippen LogP contribution in [0.4, 0.5) is 0 Å². The van der Waals surface area contributed by atoms with E-state index < -0.39 is 0 Å². The molecule has 0 spiro atoms. The molecular formula is C7H10N2. The van der Waals surface area contributed by atoms with Gasteiger partial charge in [-0.15, -0.1) is 11.8 Å². The first-order chi connectivity index (χ1) is 4.41. The summed E-state index contributed by atoms with van der Waals surface area (Å²) in [6.07, 6.45) is 0.832. The molecule has 0 aromatic rings. The van der Waals surface area contributed by atoms with Crippen molar-refractivity contribution >= 4 is 0 Å². The van der Waals surface area contributed by atoms with Crippen molar-refractivity contribution in [2.24, 2.45) is 0 Å². The Labute approximate surface area is 55.9 Å². The zero-order valence-corrected chi connectivity index (χ0v) is 5.57. The van der Waals surface area contributed by atoms with Gasteiger partial charge in [0.05, 0.1) is 12.6 Å². The van der Waals surface area contributed by atoms with Crippen molar-refractivity contribution < 1.29 is 0 Å². The molecule has 0 unspecified atom stereocenters. The summed E-state index contributed by atoms with van der Waals surface area (Å²) < 4.78 is 0. The van der Waals surface area contributed by atoms with Crippen molar-refractivity contribution in [2.75, 3.05) is 13.1 Å². The van der Waals surface area contributed by atoms with Crippen molar-refractivity contribution in [2.45, 2.75) is 13.3 Å². The molecule has 0 bridgehead atoms. The van der Waals surface area contributed by atoms with Crippen LogP contribution in [0.1, 0.15) is 13.3 Å². The molecule has 2 heteroatoms. The topological polar surface area (TPSA) is 35.8 Å². The zero-order valence-electron chi connectivity index (χ0n) is 5.57. The van der Waals surface area contributed by atoms with Crippen LogP contribution in [-0.4, -0.2) is 13.1 Å². The Bertz CT molecular complexity index is 145. The third-order valence-corrected chi connectivity index (χ3v) is 0.808. The van der Waals surface area contributed by atoms with Gasteiger partial charge in [0.15, 0.2) is 0 Å². The van der Waals surface area contributed by atoms with Crippen LogP contribution in [0.3, 0.4) is 0 Å². The van der Waals surface area contributed by atoms with Gasteiger partial charge in [-0.3, -0.25) is 0 Å². The fourth-order valence-corrected chi connectivity index (χ4v) is 0.420. The van der Waals surface area contributed by atoms with Gasteiger partial charge in [0, 0.05) is 13.0 Å². The number of nitriles is 1. The van der Waals surface area contributed by atoms with E-state index in [1.807, 2.05) is 13.0 Å². The van der Waals surface area contributed by atoms with E-state index in [0.29, 0.717) is 6.54 Å². The van der Waals surface area contributed by atoms with Gasteiger partial charge in [-0.2, -0.15) is 5.26 Å². The number of nitrogens with one attached hydrogen (secondary N) is 1. The van der Waals surface area contributed by atoms with Crippen LogP contribution in [0, 0.1) is 23.2 Å². The van der Waals surface area contributed by atoms with Crippen LogP contribution < -0.4 is 5.32 Å². The van der Waals surface area contributed by atoms with Gasteiger partial charge in [0.2, 0.25) is 0 Å². The largest absolute Gasteiger partial charge is 0.304 e. The van der Waals surface area contributed by atoms with Gasteiger partial charge in [0.1, 0.15) is 0 Å². The number of nitrogens with zero attached hydrogens (tertiary/aromatic N) is 1. The summed E-state index contributed by atoms with van der Waals surface area (Å²) >= 11 is 0. The summed E-state index contributed by atoms with van der Waals surface area (Å²) in [5.41, 5.74) is 0. The first-order valence-corrected chi connectivity index (χ1v) is 2.89. The van der Waals surface area contributed by atoms with Gasteiger partial charge in [0.25, 0.3) is 0 Å². The molecule has 0 heterocycles. The van der Waals surface area contributed by atoms with E-state index in [4.69, 9.17) is 5.26 Å². The Morgan fingerprint density at radius 2 is 2.33 bits per heavy atom. The summed E-state index contributed by atoms with van der Waals surface area (Å²) in [5, 5.41) is 11.0. The average Bonchev–Trinajstić information content (AvgIpc) is 1.89. The van der Waals surface area contributed by atoms with Crippen molar-refractivity contribution in [3.63, 3.8) is 0 Å². The lowest BCUT2D eigenvalue weighted by Gasteiger charge is -1.90. The lowest BCUT2D eigenvalue weighted by atomic mass is 10.4. The average molecular weight is 122 g/mol. The molecule has 0 radical (unpaired) electrons. The molecule has 48 valence electrons. The Balaban J connectivity index is 2.91. The molecule has 0 saturated carbocycles. The van der Waals surface area contributed by atoms with Crippen LogP contribution in [0.5, 0.6) is 0 Å². The normalized spacial score (nSPS) is 7.11. The minimum atomic E-state index is 0.422. The van der Waals surface area contributed by atoms with Gasteiger partial charge < -0.3 is 5.32 Å². The molecule has 0 atom stereocenters. The van der Waals surface area contributed by atoms with Crippen LogP contribution in [0.25, 0.3) is 0 Å². The van der Waals surface area contributed by atoms with E-state index in [0.717, 1.165) is 13.0 Å². The SMILES string of the molecule is CC#CCCNCC#N. The second-order valence-corrected chi connectivity index (χ2v) is 1.51. The lowest BCUT2D eigenvalue weighted by molar-refractivity contribution is 0.770. The maximum absolute atomic E-state index is 8.07. The summed E-state index contributed by atoms with van der Waals surface area (Å²) in [5.74, 6) is 5.66. The van der Waals surface area contributed by atoms with Crippen LogP contribution >= 0.6 is 0 Å².